The molecule has 1 aliphatic heterocycles. The van der Waals surface area contributed by atoms with Crippen molar-refractivity contribution < 1.29 is 9.53 Å². The molecule has 0 saturated heterocycles. The maximum atomic E-state index is 12.6. The lowest BCUT2D eigenvalue weighted by molar-refractivity contribution is 0.0522. The van der Waals surface area contributed by atoms with Crippen LogP contribution in [-0.2, 0) is 4.74 Å². The fourth-order valence-corrected chi connectivity index (χ4v) is 2.50. The van der Waals surface area contributed by atoms with Crippen LogP contribution in [0.5, 0.6) is 0 Å². The molecule has 1 aromatic rings. The smallest absolute Gasteiger partial charge is 0.345 e. The van der Waals surface area contributed by atoms with E-state index in [9.17, 15) is 9.59 Å². The van der Waals surface area contributed by atoms with Crippen molar-refractivity contribution in [3.63, 3.8) is 0 Å². The van der Waals surface area contributed by atoms with Gasteiger partial charge < -0.3 is 9.64 Å². The molecule has 1 atom stereocenters. The van der Waals surface area contributed by atoms with E-state index in [2.05, 4.69) is 4.98 Å². The van der Waals surface area contributed by atoms with Gasteiger partial charge in [-0.2, -0.15) is 0 Å². The molecule has 0 aliphatic carbocycles. The molecule has 0 N–H and O–H groups in total. The zero-order chi connectivity index (χ0) is 15.6. The van der Waals surface area contributed by atoms with Crippen LogP contribution in [0.1, 0.15) is 48.9 Å². The van der Waals surface area contributed by atoms with Crippen LogP contribution in [0.15, 0.2) is 17.2 Å². The standard InChI is InChI=1S/C15H21N3O3/c1-5-21-15(20)12-8-16-13-11(9-17(3)4)7-6-10(2)18(13)14(12)19/h8-10H,5-7H2,1-4H3. The number of rotatable bonds is 3. The number of allylic oxidation sites excluding steroid dienone is 1. The second-order valence-corrected chi connectivity index (χ2v) is 5.40. The summed E-state index contributed by atoms with van der Waals surface area (Å²) in [5.74, 6) is 0.0294. The van der Waals surface area contributed by atoms with Crippen molar-refractivity contribution in [2.75, 3.05) is 20.7 Å². The molecule has 1 unspecified atom stereocenters. The van der Waals surface area contributed by atoms with Crippen LogP contribution in [0, 0.1) is 0 Å². The third kappa shape index (κ3) is 2.99. The van der Waals surface area contributed by atoms with E-state index in [1.54, 1.807) is 11.5 Å². The summed E-state index contributed by atoms with van der Waals surface area (Å²) in [6.07, 6.45) is 5.01. The Morgan fingerprint density at radius 3 is 2.90 bits per heavy atom. The molecule has 0 fully saturated rings. The summed E-state index contributed by atoms with van der Waals surface area (Å²) < 4.78 is 6.51. The van der Waals surface area contributed by atoms with Gasteiger partial charge in [0, 0.05) is 38.1 Å². The van der Waals surface area contributed by atoms with Gasteiger partial charge >= 0.3 is 5.97 Å². The number of esters is 1. The molecule has 0 radical (unpaired) electrons. The Hall–Kier alpha value is -2.11. The van der Waals surface area contributed by atoms with E-state index in [1.165, 1.54) is 6.20 Å². The van der Waals surface area contributed by atoms with Crippen LogP contribution in [0.4, 0.5) is 0 Å². The maximum absolute atomic E-state index is 12.6. The first kappa shape index (κ1) is 15.3. The van der Waals surface area contributed by atoms with Crippen molar-refractivity contribution in [3.05, 3.63) is 34.1 Å². The summed E-state index contributed by atoms with van der Waals surface area (Å²) in [6, 6.07) is 0.0219. The number of ether oxygens (including phenoxy) is 1. The summed E-state index contributed by atoms with van der Waals surface area (Å²) in [7, 11) is 3.86. The average molecular weight is 291 g/mol. The van der Waals surface area contributed by atoms with Gasteiger partial charge in [-0.05, 0) is 26.7 Å². The van der Waals surface area contributed by atoms with E-state index in [0.29, 0.717) is 5.82 Å². The van der Waals surface area contributed by atoms with Gasteiger partial charge in [0.2, 0.25) is 0 Å². The zero-order valence-corrected chi connectivity index (χ0v) is 12.9. The highest BCUT2D eigenvalue weighted by Gasteiger charge is 2.25. The molecular formula is C15H21N3O3. The quantitative estimate of drug-likeness (QED) is 0.793. The molecule has 114 valence electrons. The number of carbonyl (C=O) groups is 1. The van der Waals surface area contributed by atoms with Gasteiger partial charge in [-0.25, -0.2) is 9.78 Å². The molecule has 21 heavy (non-hydrogen) atoms. The largest absolute Gasteiger partial charge is 0.462 e. The van der Waals surface area contributed by atoms with Crippen LogP contribution in [0.3, 0.4) is 0 Å². The molecule has 6 heteroatoms. The second-order valence-electron chi connectivity index (χ2n) is 5.40. The first-order valence-electron chi connectivity index (χ1n) is 7.11. The Balaban J connectivity index is 2.56. The van der Waals surface area contributed by atoms with Gasteiger partial charge in [0.15, 0.2) is 0 Å². The van der Waals surface area contributed by atoms with Crippen LogP contribution in [0.25, 0.3) is 5.57 Å². The Labute approximate surface area is 124 Å². The number of hydrogen-bond acceptors (Lipinski definition) is 5. The van der Waals surface area contributed by atoms with E-state index in [-0.39, 0.29) is 23.8 Å². The molecule has 0 saturated carbocycles. The Morgan fingerprint density at radius 1 is 1.57 bits per heavy atom. The molecular weight excluding hydrogens is 270 g/mol. The van der Waals surface area contributed by atoms with E-state index < -0.39 is 5.97 Å². The topological polar surface area (TPSA) is 64.4 Å². The van der Waals surface area contributed by atoms with Crippen LogP contribution < -0.4 is 5.56 Å². The van der Waals surface area contributed by atoms with Crippen molar-refractivity contribution in [2.45, 2.75) is 32.7 Å². The van der Waals surface area contributed by atoms with Gasteiger partial charge in [-0.1, -0.05) is 0 Å². The minimum atomic E-state index is -0.610. The van der Waals surface area contributed by atoms with Gasteiger partial charge in [-0.3, -0.25) is 9.36 Å². The molecule has 2 rings (SSSR count). The zero-order valence-electron chi connectivity index (χ0n) is 12.9. The SMILES string of the molecule is CCOC(=O)c1cnc2n(c1=O)C(C)CCC2=CN(C)C. The second kappa shape index (κ2) is 6.11. The van der Waals surface area contributed by atoms with Crippen molar-refractivity contribution >= 4 is 11.5 Å². The van der Waals surface area contributed by atoms with Crippen LogP contribution in [0.2, 0.25) is 0 Å². The number of nitrogens with zero attached hydrogens (tertiary/aromatic N) is 3. The highest BCUT2D eigenvalue weighted by molar-refractivity contribution is 5.88. The van der Waals surface area contributed by atoms with E-state index >= 15 is 0 Å². The summed E-state index contributed by atoms with van der Waals surface area (Å²) >= 11 is 0. The fourth-order valence-electron chi connectivity index (χ4n) is 2.50. The van der Waals surface area contributed by atoms with E-state index in [4.69, 9.17) is 4.74 Å². The third-order valence-electron chi connectivity index (χ3n) is 3.46. The molecule has 0 amide bonds. The molecule has 1 aliphatic rings. The predicted octanol–water partition coefficient (Wildman–Crippen LogP) is 1.68. The lowest BCUT2D eigenvalue weighted by Gasteiger charge is -2.27. The average Bonchev–Trinajstić information content (AvgIpc) is 2.41. The maximum Gasteiger partial charge on any atom is 0.345 e. The third-order valence-corrected chi connectivity index (χ3v) is 3.46. The summed E-state index contributed by atoms with van der Waals surface area (Å²) in [4.78, 5) is 30.6. The number of carbonyl (C=O) groups excluding carboxylic acids is 1. The van der Waals surface area contributed by atoms with Crippen molar-refractivity contribution in [3.8, 4) is 0 Å². The summed E-state index contributed by atoms with van der Waals surface area (Å²) in [5, 5.41) is 0. The number of fused-ring (bicyclic) bond motifs is 1. The molecule has 0 spiro atoms. The van der Waals surface area contributed by atoms with E-state index in [0.717, 1.165) is 18.4 Å². The molecule has 1 aromatic heterocycles. The highest BCUT2D eigenvalue weighted by Crippen LogP contribution is 2.29. The van der Waals surface area contributed by atoms with Gasteiger partial charge in [0.05, 0.1) is 6.61 Å². The lowest BCUT2D eigenvalue weighted by Crippen LogP contribution is -2.34. The minimum Gasteiger partial charge on any atom is -0.462 e. The summed E-state index contributed by atoms with van der Waals surface area (Å²) in [5.41, 5.74) is 0.680. The normalized spacial score (nSPS) is 19.2. The van der Waals surface area contributed by atoms with Crippen molar-refractivity contribution in [1.82, 2.24) is 14.5 Å². The van der Waals surface area contributed by atoms with Crippen molar-refractivity contribution in [1.29, 1.82) is 0 Å². The summed E-state index contributed by atoms with van der Waals surface area (Å²) in [6.45, 7) is 3.91. The first-order chi connectivity index (χ1) is 9.95. The molecule has 2 heterocycles. The van der Waals surface area contributed by atoms with Crippen molar-refractivity contribution in [2.24, 2.45) is 0 Å². The predicted molar refractivity (Wildman–Crippen MR) is 80.1 cm³/mol. The highest BCUT2D eigenvalue weighted by atomic mass is 16.5. The minimum absolute atomic E-state index is 0.00134. The first-order valence-corrected chi connectivity index (χ1v) is 7.11. The molecule has 0 bridgehead atoms. The lowest BCUT2D eigenvalue weighted by atomic mass is 10.0. The van der Waals surface area contributed by atoms with E-state index in [1.807, 2.05) is 32.1 Å². The van der Waals surface area contributed by atoms with Crippen LogP contribution in [-0.4, -0.2) is 41.1 Å². The number of hydrogen-bond donors (Lipinski definition) is 0. The Morgan fingerprint density at radius 2 is 2.29 bits per heavy atom. The molecule has 6 nitrogen and oxygen atoms in total. The fraction of sp³-hybridized carbons (Fsp3) is 0.533. The number of aromatic nitrogens is 2. The van der Waals surface area contributed by atoms with Crippen LogP contribution >= 0.6 is 0 Å². The Kier molecular flexibility index (Phi) is 4.45. The molecule has 0 aromatic carbocycles. The monoisotopic (exact) mass is 291 g/mol. The Bertz CT molecular complexity index is 632. The van der Waals surface area contributed by atoms with Gasteiger partial charge in [0.25, 0.3) is 5.56 Å². The van der Waals surface area contributed by atoms with Gasteiger partial charge in [-0.15, -0.1) is 0 Å². The van der Waals surface area contributed by atoms with Gasteiger partial charge in [0.1, 0.15) is 11.4 Å².